The highest BCUT2D eigenvalue weighted by molar-refractivity contribution is 9.10. The van der Waals surface area contributed by atoms with E-state index in [0.29, 0.717) is 0 Å². The molecule has 4 rings (SSSR count). The fourth-order valence-corrected chi connectivity index (χ4v) is 3.72. The van der Waals surface area contributed by atoms with Crippen molar-refractivity contribution in [1.82, 2.24) is 14.8 Å². The molecule has 0 radical (unpaired) electrons. The number of halogens is 2. The van der Waals surface area contributed by atoms with Crippen LogP contribution in [0, 0.1) is 6.92 Å². The summed E-state index contributed by atoms with van der Waals surface area (Å²) in [7, 11) is 0. The fourth-order valence-electron chi connectivity index (χ4n) is 3.22. The average molecular weight is 404 g/mol. The van der Waals surface area contributed by atoms with E-state index in [9.17, 15) is 0 Å². The summed E-state index contributed by atoms with van der Waals surface area (Å²) >= 11 is 9.60. The van der Waals surface area contributed by atoms with Crippen LogP contribution >= 0.6 is 27.5 Å². The van der Waals surface area contributed by atoms with Crippen LogP contribution < -0.4 is 5.32 Å². The van der Waals surface area contributed by atoms with Gasteiger partial charge in [-0.3, -0.25) is 4.57 Å². The predicted molar refractivity (Wildman–Crippen MR) is 99.9 cm³/mol. The van der Waals surface area contributed by atoms with Gasteiger partial charge in [-0.15, -0.1) is 10.2 Å². The highest BCUT2D eigenvalue weighted by Gasteiger charge is 2.24. The van der Waals surface area contributed by atoms with Gasteiger partial charge in [-0.25, -0.2) is 0 Å². The van der Waals surface area contributed by atoms with Gasteiger partial charge in [-0.05, 0) is 61.4 Å². The lowest BCUT2D eigenvalue weighted by molar-refractivity contribution is 0.685. The Bertz CT molecular complexity index is 889. The number of aryl methyl sites for hydroxylation is 2. The minimum absolute atomic E-state index is 0.194. The molecule has 24 heavy (non-hydrogen) atoms. The second kappa shape index (κ2) is 6.22. The lowest BCUT2D eigenvalue weighted by Gasteiger charge is -2.21. The highest BCUT2D eigenvalue weighted by Crippen LogP contribution is 2.35. The first-order valence-corrected chi connectivity index (χ1v) is 9.02. The Morgan fingerprint density at radius 2 is 1.96 bits per heavy atom. The van der Waals surface area contributed by atoms with Crippen molar-refractivity contribution in [3.05, 3.63) is 69.2 Å². The summed E-state index contributed by atoms with van der Waals surface area (Å²) in [6, 6.07) is 14.4. The highest BCUT2D eigenvalue weighted by atomic mass is 79.9. The number of rotatable bonds is 2. The summed E-state index contributed by atoms with van der Waals surface area (Å²) in [5.41, 5.74) is 3.44. The molecule has 6 heteroatoms. The van der Waals surface area contributed by atoms with Gasteiger partial charge in [0, 0.05) is 21.6 Å². The summed E-state index contributed by atoms with van der Waals surface area (Å²) in [6.45, 7) is 2.00. The number of fused-ring (bicyclic) bond motifs is 3. The van der Waals surface area contributed by atoms with Crippen LogP contribution in [0.2, 0.25) is 5.02 Å². The Hall–Kier alpha value is -1.85. The van der Waals surface area contributed by atoms with Crippen molar-refractivity contribution in [2.24, 2.45) is 0 Å². The van der Waals surface area contributed by atoms with Crippen LogP contribution in [0.3, 0.4) is 0 Å². The summed E-state index contributed by atoms with van der Waals surface area (Å²) < 4.78 is 3.23. The quantitative estimate of drug-likeness (QED) is 0.648. The van der Waals surface area contributed by atoms with E-state index in [0.717, 1.165) is 45.4 Å². The SMILES string of the molecule is Cc1nnc2n1-c1ccc(Br)cc1C(Nc1ccc(Cl)cc1)CC2. The van der Waals surface area contributed by atoms with E-state index in [1.54, 1.807) is 0 Å². The van der Waals surface area contributed by atoms with Gasteiger partial charge in [0.2, 0.25) is 0 Å². The third-order valence-electron chi connectivity index (χ3n) is 4.34. The van der Waals surface area contributed by atoms with Gasteiger partial charge in [0.05, 0.1) is 11.7 Å². The second-order valence-corrected chi connectivity index (χ2v) is 7.30. The molecule has 1 unspecified atom stereocenters. The second-order valence-electron chi connectivity index (χ2n) is 5.94. The molecule has 0 amide bonds. The van der Waals surface area contributed by atoms with E-state index in [1.807, 2.05) is 31.2 Å². The van der Waals surface area contributed by atoms with Crippen molar-refractivity contribution < 1.29 is 0 Å². The van der Waals surface area contributed by atoms with E-state index < -0.39 is 0 Å². The first-order valence-electron chi connectivity index (χ1n) is 7.84. The maximum Gasteiger partial charge on any atom is 0.137 e. The van der Waals surface area contributed by atoms with Gasteiger partial charge >= 0.3 is 0 Å². The number of benzene rings is 2. The van der Waals surface area contributed by atoms with Crippen LogP contribution in [0.25, 0.3) is 5.69 Å². The number of anilines is 1. The van der Waals surface area contributed by atoms with Gasteiger partial charge in [-0.2, -0.15) is 0 Å². The molecule has 4 nitrogen and oxygen atoms in total. The number of nitrogens with zero attached hydrogens (tertiary/aromatic N) is 3. The van der Waals surface area contributed by atoms with Gasteiger partial charge < -0.3 is 5.32 Å². The van der Waals surface area contributed by atoms with Crippen LogP contribution in [-0.4, -0.2) is 14.8 Å². The molecule has 0 saturated heterocycles. The number of aromatic nitrogens is 3. The Morgan fingerprint density at radius 1 is 1.17 bits per heavy atom. The molecule has 1 aliphatic rings. The standard InChI is InChI=1S/C18H16BrClN4/c1-11-22-23-18-9-7-16(21-14-5-3-13(20)4-6-14)15-10-12(19)2-8-17(15)24(11)18/h2-6,8,10,16,21H,7,9H2,1H3. The van der Waals surface area contributed by atoms with E-state index in [2.05, 4.69) is 54.2 Å². The fraction of sp³-hybridized carbons (Fsp3) is 0.222. The van der Waals surface area contributed by atoms with E-state index >= 15 is 0 Å². The van der Waals surface area contributed by atoms with Crippen molar-refractivity contribution in [2.75, 3.05) is 5.32 Å². The minimum atomic E-state index is 0.194. The average Bonchev–Trinajstić information content (AvgIpc) is 2.86. The molecule has 1 atom stereocenters. The zero-order valence-electron chi connectivity index (χ0n) is 13.1. The number of hydrogen-bond donors (Lipinski definition) is 1. The van der Waals surface area contributed by atoms with Crippen LogP contribution in [0.5, 0.6) is 0 Å². The molecule has 3 aromatic rings. The van der Waals surface area contributed by atoms with E-state index in [-0.39, 0.29) is 6.04 Å². The molecule has 1 aliphatic heterocycles. The monoisotopic (exact) mass is 402 g/mol. The normalized spacial score (nSPS) is 16.2. The van der Waals surface area contributed by atoms with E-state index in [4.69, 9.17) is 11.6 Å². The molecular formula is C18H16BrClN4. The van der Waals surface area contributed by atoms with Crippen molar-refractivity contribution in [2.45, 2.75) is 25.8 Å². The largest absolute Gasteiger partial charge is 0.378 e. The summed E-state index contributed by atoms with van der Waals surface area (Å²) in [5.74, 6) is 1.93. The summed E-state index contributed by atoms with van der Waals surface area (Å²) in [5, 5.41) is 13.0. The summed E-state index contributed by atoms with van der Waals surface area (Å²) in [4.78, 5) is 0. The molecule has 1 N–H and O–H groups in total. The molecule has 1 aromatic heterocycles. The summed E-state index contributed by atoms with van der Waals surface area (Å²) in [6.07, 6.45) is 1.82. The van der Waals surface area contributed by atoms with Crippen molar-refractivity contribution in [3.63, 3.8) is 0 Å². The maximum atomic E-state index is 5.99. The van der Waals surface area contributed by atoms with Crippen LogP contribution in [0.1, 0.15) is 29.7 Å². The lowest BCUT2D eigenvalue weighted by atomic mass is 10.0. The first-order chi connectivity index (χ1) is 11.6. The molecule has 0 spiro atoms. The Kier molecular flexibility index (Phi) is 4.06. The van der Waals surface area contributed by atoms with Crippen LogP contribution in [0.15, 0.2) is 46.9 Å². The smallest absolute Gasteiger partial charge is 0.137 e. The third-order valence-corrected chi connectivity index (χ3v) is 5.08. The number of nitrogens with one attached hydrogen (secondary N) is 1. The zero-order valence-corrected chi connectivity index (χ0v) is 15.5. The van der Waals surface area contributed by atoms with Gasteiger partial charge in [0.1, 0.15) is 11.6 Å². The van der Waals surface area contributed by atoms with Crippen molar-refractivity contribution in [3.8, 4) is 5.69 Å². The molecule has 0 saturated carbocycles. The van der Waals surface area contributed by atoms with E-state index in [1.165, 1.54) is 5.56 Å². The molecule has 0 aliphatic carbocycles. The molecule has 0 fully saturated rings. The maximum absolute atomic E-state index is 5.99. The van der Waals surface area contributed by atoms with Gasteiger partial charge in [0.25, 0.3) is 0 Å². The molecule has 0 bridgehead atoms. The lowest BCUT2D eigenvalue weighted by Crippen LogP contribution is -2.12. The molecule has 2 aromatic carbocycles. The predicted octanol–water partition coefficient (Wildman–Crippen LogP) is 5.09. The number of hydrogen-bond acceptors (Lipinski definition) is 3. The topological polar surface area (TPSA) is 42.7 Å². The molecule has 2 heterocycles. The molecule has 122 valence electrons. The van der Waals surface area contributed by atoms with Crippen molar-refractivity contribution in [1.29, 1.82) is 0 Å². The minimum Gasteiger partial charge on any atom is -0.378 e. The molecular weight excluding hydrogens is 388 g/mol. The first kappa shape index (κ1) is 15.7. The Balaban J connectivity index is 1.78. The third kappa shape index (κ3) is 2.82. The Morgan fingerprint density at radius 3 is 2.75 bits per heavy atom. The van der Waals surface area contributed by atoms with Crippen molar-refractivity contribution >= 4 is 33.2 Å². The van der Waals surface area contributed by atoms with Crippen LogP contribution in [0.4, 0.5) is 5.69 Å². The van der Waals surface area contributed by atoms with Gasteiger partial charge in [0.15, 0.2) is 0 Å². The Labute approximate surface area is 154 Å². The van der Waals surface area contributed by atoms with Gasteiger partial charge in [-0.1, -0.05) is 27.5 Å². The van der Waals surface area contributed by atoms with Crippen LogP contribution in [-0.2, 0) is 6.42 Å². The zero-order chi connectivity index (χ0) is 16.7.